The molecule has 0 aliphatic carbocycles. The molecule has 0 aliphatic rings. The van der Waals surface area contributed by atoms with E-state index in [-0.39, 0.29) is 26.8 Å². The molecule has 0 unspecified atom stereocenters. The summed E-state index contributed by atoms with van der Waals surface area (Å²) in [6.45, 7) is 0. The van der Waals surface area contributed by atoms with Gasteiger partial charge in [0.05, 0.1) is 0 Å². The van der Waals surface area contributed by atoms with Crippen LogP contribution in [0.2, 0.25) is 0 Å². The Bertz CT molecular complexity index is 27.0. The fraction of sp³-hybridized carbons (Fsp3) is 0. The van der Waals surface area contributed by atoms with Crippen LogP contribution in [0.5, 0.6) is 0 Å². The van der Waals surface area contributed by atoms with Crippen molar-refractivity contribution in [3.63, 3.8) is 0 Å². The Morgan fingerprint density at radius 2 is 1.25 bits per heavy atom. The molecule has 2 radical (unpaired) electrons. The molecule has 0 aromatic rings. The van der Waals surface area contributed by atoms with E-state index in [0.29, 0.717) is 0 Å². The maximum absolute atomic E-state index is 2.88. The second-order valence-corrected chi connectivity index (χ2v) is 10.9. The van der Waals surface area contributed by atoms with Gasteiger partial charge in [0, 0.05) is 13.5 Å². The van der Waals surface area contributed by atoms with Crippen LogP contribution in [0.1, 0.15) is 0 Å². The Balaban J connectivity index is 0. The van der Waals surface area contributed by atoms with Crippen molar-refractivity contribution in [2.45, 2.75) is 0 Å². The van der Waals surface area contributed by atoms with Crippen molar-refractivity contribution in [2.24, 2.45) is 0 Å². The van der Waals surface area contributed by atoms with Crippen LogP contribution in [-0.2, 0) is 13.3 Å². The van der Waals surface area contributed by atoms with Gasteiger partial charge in [0.15, 0.2) is 0 Å². The first-order valence-electron chi connectivity index (χ1n) is 0.333. The molecular formula is MoSSe2. The Morgan fingerprint density at radius 1 is 1.25 bits per heavy atom. The fourth-order valence-electron chi connectivity index (χ4n) is 0. The zero-order valence-electron chi connectivity index (χ0n) is 1.63. The SMILES string of the molecule is [S].[Se]=[Mo]=[Se]. The van der Waals surface area contributed by atoms with E-state index in [4.69, 9.17) is 0 Å². The predicted octanol–water partition coefficient (Wildman–Crippen LogP) is -0.116. The summed E-state index contributed by atoms with van der Waals surface area (Å²) in [5.74, 6) is 0. The molecule has 0 aromatic carbocycles. The van der Waals surface area contributed by atoms with Crippen LogP contribution >= 0.6 is 13.5 Å². The molecule has 0 saturated heterocycles. The van der Waals surface area contributed by atoms with Gasteiger partial charge in [0.1, 0.15) is 0 Å². The van der Waals surface area contributed by atoms with Gasteiger partial charge in [-0.2, -0.15) is 0 Å². The number of rotatable bonds is 0. The molecule has 0 aromatic heterocycles. The van der Waals surface area contributed by atoms with Gasteiger partial charge in [-0.15, -0.1) is 0 Å². The van der Waals surface area contributed by atoms with Crippen LogP contribution in [0.25, 0.3) is 0 Å². The third-order valence-electron chi connectivity index (χ3n) is 0. The summed E-state index contributed by atoms with van der Waals surface area (Å²) in [6, 6.07) is 0. The van der Waals surface area contributed by atoms with Crippen molar-refractivity contribution in [1.82, 2.24) is 0 Å². The summed E-state index contributed by atoms with van der Waals surface area (Å²) < 4.78 is 0. The summed E-state index contributed by atoms with van der Waals surface area (Å²) in [5.41, 5.74) is 0. The predicted molar refractivity (Wildman–Crippen MR) is 19.1 cm³/mol. The third-order valence-corrected chi connectivity index (χ3v) is 0. The van der Waals surface area contributed by atoms with Gasteiger partial charge < -0.3 is 0 Å². The van der Waals surface area contributed by atoms with E-state index in [1.54, 1.807) is 0 Å². The molecule has 0 fully saturated rings. The molecule has 0 nitrogen and oxygen atoms in total. The molecule has 0 heterocycles. The van der Waals surface area contributed by atoms with Gasteiger partial charge in [0.25, 0.3) is 0 Å². The standard InChI is InChI=1S/Mo.S.2Se. The minimum atomic E-state index is 0. The van der Waals surface area contributed by atoms with Gasteiger partial charge in [-0.1, -0.05) is 0 Å². The topological polar surface area (TPSA) is 0 Å². The summed E-state index contributed by atoms with van der Waals surface area (Å²) in [7, 11) is 0. The molecule has 0 atom stereocenters. The van der Waals surface area contributed by atoms with Crippen molar-refractivity contribution < 1.29 is 13.3 Å². The van der Waals surface area contributed by atoms with Gasteiger partial charge >= 0.3 is 38.9 Å². The molecule has 0 rings (SSSR count). The van der Waals surface area contributed by atoms with Crippen LogP contribution in [0.15, 0.2) is 0 Å². The molecular weight excluding hydrogens is 286 g/mol. The average Bonchev–Trinajstić information content (AvgIpc) is 0.918. The van der Waals surface area contributed by atoms with E-state index in [0.717, 1.165) is 0 Å². The molecule has 4 heteroatoms. The van der Waals surface area contributed by atoms with E-state index >= 15 is 0 Å². The van der Waals surface area contributed by atoms with Crippen LogP contribution in [0.3, 0.4) is 0 Å². The summed E-state index contributed by atoms with van der Waals surface area (Å²) in [5, 5.41) is 0. The molecule has 0 aliphatic heterocycles. The Morgan fingerprint density at radius 3 is 1.25 bits per heavy atom. The maximum atomic E-state index is 2.88. The van der Waals surface area contributed by atoms with E-state index in [1.807, 2.05) is 0 Å². The molecule has 24 valence electrons. The van der Waals surface area contributed by atoms with Crippen LogP contribution in [0.4, 0.5) is 0 Å². The molecule has 4 heavy (non-hydrogen) atoms. The van der Waals surface area contributed by atoms with E-state index in [9.17, 15) is 0 Å². The van der Waals surface area contributed by atoms with Crippen LogP contribution in [-0.4, -0.2) is 25.6 Å². The minimum absolute atomic E-state index is 0. The second kappa shape index (κ2) is 8.91. The Labute approximate surface area is 51.8 Å². The Hall–Kier alpha value is 2.08. The monoisotopic (exact) mass is 290 g/mol. The third kappa shape index (κ3) is 8.95. The second-order valence-electron chi connectivity index (χ2n) is 0.0680. The Kier molecular flexibility index (Phi) is 21.0. The quantitative estimate of drug-likeness (QED) is 0.545. The number of hydrogen-bond acceptors (Lipinski definition) is 0. The molecule has 0 amide bonds. The van der Waals surface area contributed by atoms with E-state index in [2.05, 4.69) is 25.6 Å². The van der Waals surface area contributed by atoms with Gasteiger partial charge in [-0.05, 0) is 0 Å². The number of hydrogen-bond donors (Lipinski definition) is 0. The van der Waals surface area contributed by atoms with E-state index in [1.165, 1.54) is 0 Å². The zero-order valence-corrected chi connectivity index (χ0v) is 7.88. The van der Waals surface area contributed by atoms with Crippen molar-refractivity contribution >= 4 is 39.1 Å². The zero-order chi connectivity index (χ0) is 2.71. The fourth-order valence-corrected chi connectivity index (χ4v) is 0. The molecule has 0 saturated carbocycles. The summed E-state index contributed by atoms with van der Waals surface area (Å²) >= 11 is 5.98. The summed E-state index contributed by atoms with van der Waals surface area (Å²) in [6.07, 6.45) is 0. The van der Waals surface area contributed by atoms with Crippen molar-refractivity contribution in [3.8, 4) is 0 Å². The van der Waals surface area contributed by atoms with Crippen LogP contribution in [0, 0.1) is 0 Å². The van der Waals surface area contributed by atoms with Crippen molar-refractivity contribution in [1.29, 1.82) is 0 Å². The van der Waals surface area contributed by atoms with Gasteiger partial charge in [-0.25, -0.2) is 0 Å². The normalized spacial score (nSPS) is 3.00. The average molecular weight is 286 g/mol. The first-order valence-corrected chi connectivity index (χ1v) is 10.2. The summed E-state index contributed by atoms with van der Waals surface area (Å²) in [4.78, 5) is 0. The molecule has 0 bridgehead atoms. The van der Waals surface area contributed by atoms with Crippen LogP contribution < -0.4 is 0 Å². The van der Waals surface area contributed by atoms with Gasteiger partial charge in [-0.3, -0.25) is 0 Å². The first-order chi connectivity index (χ1) is 1.41. The first kappa shape index (κ1) is 9.42. The van der Waals surface area contributed by atoms with E-state index < -0.39 is 0 Å². The molecule has 0 spiro atoms. The van der Waals surface area contributed by atoms with Crippen molar-refractivity contribution in [2.75, 3.05) is 0 Å². The molecule has 0 N–H and O–H groups in total. The van der Waals surface area contributed by atoms with Gasteiger partial charge in [0.2, 0.25) is 0 Å². The van der Waals surface area contributed by atoms with Crippen molar-refractivity contribution in [3.05, 3.63) is 0 Å².